The third-order valence-electron chi connectivity index (χ3n) is 6.35. The number of hydrogen-bond acceptors (Lipinski definition) is 9. The second-order valence-electron chi connectivity index (χ2n) is 9.02. The number of aryl methyl sites for hydroxylation is 1. The summed E-state index contributed by atoms with van der Waals surface area (Å²) in [6.07, 6.45) is 3.66. The average molecular weight is 522 g/mol. The highest BCUT2D eigenvalue weighted by atomic mass is 32.1. The standard InChI is InChI=1S/C27H31N5O4S/c1-4-35-23-14-18(8-9-22(23)34-3)16-32-12-10-19(11-13-32)29-26-30-21-7-5-6-20(24(21)36-26)25(33)31-27-28-15-17(2)37-27/h5-9,14-15,19H,4,10-13,16H2,1-3H3,(H,29,30)(H,28,31,33). The van der Waals surface area contributed by atoms with Crippen molar-refractivity contribution in [1.82, 2.24) is 14.9 Å². The van der Waals surface area contributed by atoms with Crippen molar-refractivity contribution < 1.29 is 18.7 Å². The zero-order valence-electron chi connectivity index (χ0n) is 21.2. The van der Waals surface area contributed by atoms with Crippen molar-refractivity contribution >= 4 is 39.5 Å². The first kappa shape index (κ1) is 25.0. The molecule has 1 aliphatic heterocycles. The predicted molar refractivity (Wildman–Crippen MR) is 145 cm³/mol. The van der Waals surface area contributed by atoms with Crippen LogP contribution in [0.1, 0.15) is 40.6 Å². The molecule has 0 atom stereocenters. The first-order valence-electron chi connectivity index (χ1n) is 12.4. The number of aromatic nitrogens is 2. The fourth-order valence-electron chi connectivity index (χ4n) is 4.52. The van der Waals surface area contributed by atoms with Gasteiger partial charge in [-0.1, -0.05) is 12.1 Å². The Hall–Kier alpha value is -3.63. The number of nitrogens with zero attached hydrogens (tertiary/aromatic N) is 3. The summed E-state index contributed by atoms with van der Waals surface area (Å²) in [7, 11) is 1.66. The monoisotopic (exact) mass is 521 g/mol. The van der Waals surface area contributed by atoms with Gasteiger partial charge >= 0.3 is 0 Å². The van der Waals surface area contributed by atoms with E-state index in [0.717, 1.165) is 48.9 Å². The van der Waals surface area contributed by atoms with Crippen molar-refractivity contribution in [2.24, 2.45) is 0 Å². The molecule has 9 nitrogen and oxygen atoms in total. The van der Waals surface area contributed by atoms with Gasteiger partial charge in [-0.3, -0.25) is 15.0 Å². The summed E-state index contributed by atoms with van der Waals surface area (Å²) in [6.45, 7) is 7.29. The molecule has 3 heterocycles. The van der Waals surface area contributed by atoms with Crippen molar-refractivity contribution in [2.75, 3.05) is 37.4 Å². The van der Waals surface area contributed by atoms with Crippen molar-refractivity contribution in [3.05, 3.63) is 58.6 Å². The minimum Gasteiger partial charge on any atom is -0.493 e. The maximum Gasteiger partial charge on any atom is 0.295 e. The van der Waals surface area contributed by atoms with Crippen LogP contribution in [-0.4, -0.2) is 53.6 Å². The highest BCUT2D eigenvalue weighted by Crippen LogP contribution is 2.30. The lowest BCUT2D eigenvalue weighted by molar-refractivity contribution is 0.102. The minimum absolute atomic E-state index is 0.245. The number of ether oxygens (including phenoxy) is 2. The van der Waals surface area contributed by atoms with Gasteiger partial charge in [0.05, 0.1) is 19.3 Å². The molecule has 0 saturated carbocycles. The number of piperidine rings is 1. The summed E-state index contributed by atoms with van der Waals surface area (Å²) < 4.78 is 17.1. The summed E-state index contributed by atoms with van der Waals surface area (Å²) in [5.74, 6) is 1.28. The maximum atomic E-state index is 12.8. The molecule has 1 fully saturated rings. The minimum atomic E-state index is -0.262. The van der Waals surface area contributed by atoms with Crippen molar-refractivity contribution in [3.63, 3.8) is 0 Å². The molecular weight excluding hydrogens is 490 g/mol. The Morgan fingerprint density at radius 2 is 2.05 bits per heavy atom. The van der Waals surface area contributed by atoms with Crippen LogP contribution in [0.15, 0.2) is 47.0 Å². The first-order chi connectivity index (χ1) is 18.0. The smallest absolute Gasteiger partial charge is 0.295 e. The summed E-state index contributed by atoms with van der Waals surface area (Å²) in [5.41, 5.74) is 2.75. The Labute approximate surface area is 219 Å². The maximum absolute atomic E-state index is 12.8. The topological polar surface area (TPSA) is 102 Å². The molecule has 37 heavy (non-hydrogen) atoms. The van der Waals surface area contributed by atoms with Gasteiger partial charge in [0.25, 0.3) is 11.9 Å². The fraction of sp³-hybridized carbons (Fsp3) is 0.370. The Balaban J connectivity index is 1.19. The Kier molecular flexibility index (Phi) is 7.57. The number of benzene rings is 2. The Morgan fingerprint density at radius 3 is 2.78 bits per heavy atom. The summed E-state index contributed by atoms with van der Waals surface area (Å²) in [5, 5.41) is 6.84. The number of hydrogen-bond donors (Lipinski definition) is 2. The molecule has 0 aliphatic carbocycles. The van der Waals surface area contributed by atoms with Crippen LogP contribution in [0.3, 0.4) is 0 Å². The normalized spacial score (nSPS) is 14.6. The van der Waals surface area contributed by atoms with Crippen LogP contribution in [0.2, 0.25) is 0 Å². The third-order valence-corrected chi connectivity index (χ3v) is 7.18. The number of nitrogens with one attached hydrogen (secondary N) is 2. The van der Waals surface area contributed by atoms with E-state index in [1.807, 2.05) is 32.0 Å². The molecule has 0 bridgehead atoms. The number of rotatable bonds is 9. The van der Waals surface area contributed by atoms with E-state index in [-0.39, 0.29) is 11.9 Å². The summed E-state index contributed by atoms with van der Waals surface area (Å²) in [6, 6.07) is 12.2. The number of methoxy groups -OCH3 is 1. The van der Waals surface area contributed by atoms with Crippen LogP contribution in [-0.2, 0) is 6.54 Å². The van der Waals surface area contributed by atoms with E-state index >= 15 is 0 Å². The predicted octanol–water partition coefficient (Wildman–Crippen LogP) is 5.33. The van der Waals surface area contributed by atoms with E-state index in [1.165, 1.54) is 16.9 Å². The van der Waals surface area contributed by atoms with Crippen LogP contribution in [0.5, 0.6) is 11.5 Å². The Morgan fingerprint density at radius 1 is 1.22 bits per heavy atom. The molecule has 1 amide bonds. The fourth-order valence-corrected chi connectivity index (χ4v) is 5.18. The molecule has 1 aliphatic rings. The number of para-hydroxylation sites is 1. The number of oxazole rings is 1. The van der Waals surface area contributed by atoms with Gasteiger partial charge in [0, 0.05) is 36.8 Å². The molecule has 4 aromatic rings. The number of fused-ring (bicyclic) bond motifs is 1. The van der Waals surface area contributed by atoms with Crippen molar-refractivity contribution in [3.8, 4) is 11.5 Å². The molecule has 2 aromatic heterocycles. The molecular formula is C27H31N5O4S. The molecule has 5 rings (SSSR count). The highest BCUT2D eigenvalue weighted by molar-refractivity contribution is 7.15. The molecule has 0 radical (unpaired) electrons. The van der Waals surface area contributed by atoms with Crippen molar-refractivity contribution in [2.45, 2.75) is 39.3 Å². The van der Waals surface area contributed by atoms with E-state index in [0.29, 0.717) is 34.4 Å². The lowest BCUT2D eigenvalue weighted by Gasteiger charge is -2.32. The lowest BCUT2D eigenvalue weighted by Crippen LogP contribution is -2.38. The molecule has 2 aromatic carbocycles. The first-order valence-corrected chi connectivity index (χ1v) is 13.3. The van der Waals surface area contributed by atoms with E-state index in [9.17, 15) is 4.79 Å². The largest absolute Gasteiger partial charge is 0.493 e. The van der Waals surface area contributed by atoms with Gasteiger partial charge in [-0.05, 0) is 56.5 Å². The van der Waals surface area contributed by atoms with E-state index in [2.05, 4.69) is 37.6 Å². The van der Waals surface area contributed by atoms with Crippen LogP contribution in [0.25, 0.3) is 11.1 Å². The van der Waals surface area contributed by atoms with Gasteiger partial charge < -0.3 is 19.2 Å². The second-order valence-corrected chi connectivity index (χ2v) is 10.3. The number of anilines is 2. The lowest BCUT2D eigenvalue weighted by atomic mass is 10.0. The number of carbonyl (C=O) groups is 1. The number of thiazole rings is 1. The van der Waals surface area contributed by atoms with Crippen LogP contribution >= 0.6 is 11.3 Å². The quantitative estimate of drug-likeness (QED) is 0.305. The SMILES string of the molecule is CCOc1cc(CN2CCC(Nc3nc4cccc(C(=O)Nc5ncc(C)s5)c4o3)CC2)ccc1OC. The third kappa shape index (κ3) is 5.86. The second kappa shape index (κ2) is 11.2. The van der Waals surface area contributed by atoms with Gasteiger partial charge in [0.15, 0.2) is 22.2 Å². The van der Waals surface area contributed by atoms with E-state index < -0.39 is 0 Å². The summed E-state index contributed by atoms with van der Waals surface area (Å²) in [4.78, 5) is 25.1. The highest BCUT2D eigenvalue weighted by Gasteiger charge is 2.22. The number of carbonyl (C=O) groups excluding carboxylic acids is 1. The van der Waals surface area contributed by atoms with Gasteiger partial charge in [-0.15, -0.1) is 11.3 Å². The zero-order valence-corrected chi connectivity index (χ0v) is 22.1. The summed E-state index contributed by atoms with van der Waals surface area (Å²) >= 11 is 1.43. The van der Waals surface area contributed by atoms with E-state index in [1.54, 1.807) is 19.4 Å². The van der Waals surface area contributed by atoms with E-state index in [4.69, 9.17) is 13.9 Å². The van der Waals surface area contributed by atoms with Crippen LogP contribution < -0.4 is 20.1 Å². The molecule has 1 saturated heterocycles. The molecule has 194 valence electrons. The molecule has 0 spiro atoms. The van der Waals surface area contributed by atoms with Crippen LogP contribution in [0.4, 0.5) is 11.1 Å². The molecule has 0 unspecified atom stereocenters. The molecule has 2 N–H and O–H groups in total. The van der Waals surface area contributed by atoms with Crippen molar-refractivity contribution in [1.29, 1.82) is 0 Å². The van der Waals surface area contributed by atoms with Gasteiger partial charge in [-0.2, -0.15) is 4.98 Å². The van der Waals surface area contributed by atoms with Gasteiger partial charge in [0.1, 0.15) is 5.52 Å². The Bertz CT molecular complexity index is 1380. The zero-order chi connectivity index (χ0) is 25.8. The molecule has 10 heteroatoms. The van der Waals surface area contributed by atoms with Gasteiger partial charge in [-0.25, -0.2) is 4.98 Å². The number of amides is 1. The van der Waals surface area contributed by atoms with Crippen LogP contribution in [0, 0.1) is 6.92 Å². The average Bonchev–Trinajstić information content (AvgIpc) is 3.50. The van der Waals surface area contributed by atoms with Gasteiger partial charge in [0.2, 0.25) is 0 Å². The number of likely N-dealkylation sites (tertiary alicyclic amines) is 1.